The average Bonchev–Trinajstić information content (AvgIpc) is 2.68. The van der Waals surface area contributed by atoms with Crippen LogP contribution < -0.4 is 0 Å². The van der Waals surface area contributed by atoms with Crippen molar-refractivity contribution in [2.24, 2.45) is 4.99 Å². The molecule has 0 radical (unpaired) electrons. The number of nitrogens with zero attached hydrogens (tertiary/aromatic N) is 3. The molecule has 104 valence electrons. The smallest absolute Gasteiger partial charge is 0.288 e. The third-order valence-electron chi connectivity index (χ3n) is 2.66. The molecule has 0 atom stereocenters. The molecule has 1 amide bonds. The second kappa shape index (κ2) is 5.64. The molecule has 1 aromatic carbocycles. The predicted octanol–water partition coefficient (Wildman–Crippen LogP) is 2.78. The quantitative estimate of drug-likeness (QED) is 0.478. The van der Waals surface area contributed by atoms with Gasteiger partial charge in [0.15, 0.2) is 5.17 Å². The highest BCUT2D eigenvalue weighted by Gasteiger charge is 2.29. The van der Waals surface area contributed by atoms with Crippen LogP contribution in [0.5, 0.6) is 0 Å². The molecule has 1 aliphatic heterocycles. The first-order valence-corrected chi connectivity index (χ1v) is 6.72. The van der Waals surface area contributed by atoms with Gasteiger partial charge in [-0.1, -0.05) is 17.7 Å². The maximum Gasteiger partial charge on any atom is 0.288 e. The maximum atomic E-state index is 12.0. The van der Waals surface area contributed by atoms with E-state index in [4.69, 9.17) is 11.6 Å². The number of amides is 1. The number of benzene rings is 1. The molecule has 0 N–H and O–H groups in total. The van der Waals surface area contributed by atoms with Gasteiger partial charge in [0, 0.05) is 20.2 Å². The summed E-state index contributed by atoms with van der Waals surface area (Å²) in [5.41, 5.74) is 0.358. The van der Waals surface area contributed by atoms with Crippen LogP contribution >= 0.6 is 23.4 Å². The van der Waals surface area contributed by atoms with Gasteiger partial charge in [0.1, 0.15) is 5.02 Å². The van der Waals surface area contributed by atoms with Gasteiger partial charge >= 0.3 is 0 Å². The number of aliphatic imine (C=N–C) groups is 1. The normalized spacial score (nSPS) is 19.1. The Labute approximate surface area is 124 Å². The fraction of sp³-hybridized carbons (Fsp3) is 0.167. The summed E-state index contributed by atoms with van der Waals surface area (Å²) in [4.78, 5) is 28.1. The van der Waals surface area contributed by atoms with E-state index < -0.39 is 4.92 Å². The second-order valence-corrected chi connectivity index (χ2v) is 5.37. The lowest BCUT2D eigenvalue weighted by molar-refractivity contribution is -0.384. The minimum absolute atomic E-state index is 0.0653. The molecule has 2 rings (SSSR count). The number of nitro groups is 1. The number of halogens is 1. The van der Waals surface area contributed by atoms with Gasteiger partial charge in [0.25, 0.3) is 11.6 Å². The van der Waals surface area contributed by atoms with Crippen molar-refractivity contribution in [3.8, 4) is 0 Å². The van der Waals surface area contributed by atoms with E-state index in [0.29, 0.717) is 15.6 Å². The van der Waals surface area contributed by atoms with Gasteiger partial charge in [-0.05, 0) is 29.5 Å². The SMILES string of the molecule is CN=C1S/C(=C/c2ccc(Cl)c([N+](=O)[O-])c2)C(=O)N1C. The maximum absolute atomic E-state index is 12.0. The lowest BCUT2D eigenvalue weighted by atomic mass is 10.2. The zero-order chi connectivity index (χ0) is 14.9. The number of thioether (sulfide) groups is 1. The lowest BCUT2D eigenvalue weighted by Gasteiger charge is -2.05. The van der Waals surface area contributed by atoms with Gasteiger partial charge < -0.3 is 0 Å². The van der Waals surface area contributed by atoms with Gasteiger partial charge in [-0.2, -0.15) is 0 Å². The zero-order valence-corrected chi connectivity index (χ0v) is 12.2. The number of carbonyl (C=O) groups is 1. The summed E-state index contributed by atoms with van der Waals surface area (Å²) >= 11 is 6.97. The van der Waals surface area contributed by atoms with E-state index in [2.05, 4.69) is 4.99 Å². The summed E-state index contributed by atoms with van der Waals surface area (Å²) in [5, 5.41) is 11.5. The van der Waals surface area contributed by atoms with Crippen LogP contribution in [0.4, 0.5) is 5.69 Å². The first kappa shape index (κ1) is 14.5. The molecule has 0 saturated carbocycles. The number of carbonyl (C=O) groups excluding carboxylic acids is 1. The second-order valence-electron chi connectivity index (χ2n) is 3.95. The van der Waals surface area contributed by atoms with Crippen LogP contribution in [0, 0.1) is 10.1 Å². The number of hydrogen-bond donors (Lipinski definition) is 0. The van der Waals surface area contributed by atoms with Crippen molar-refractivity contribution in [1.82, 2.24) is 4.90 Å². The Kier molecular flexibility index (Phi) is 4.10. The largest absolute Gasteiger partial charge is 0.290 e. The molecular formula is C12H10ClN3O3S. The van der Waals surface area contributed by atoms with Crippen LogP contribution in [-0.2, 0) is 4.79 Å². The molecular weight excluding hydrogens is 302 g/mol. The van der Waals surface area contributed by atoms with Crippen molar-refractivity contribution in [2.45, 2.75) is 0 Å². The van der Waals surface area contributed by atoms with Crippen molar-refractivity contribution in [3.63, 3.8) is 0 Å². The summed E-state index contributed by atoms with van der Waals surface area (Å²) in [6, 6.07) is 4.40. The Hall–Kier alpha value is -1.86. The van der Waals surface area contributed by atoms with Crippen molar-refractivity contribution >= 4 is 46.2 Å². The van der Waals surface area contributed by atoms with Gasteiger partial charge in [-0.3, -0.25) is 24.8 Å². The predicted molar refractivity (Wildman–Crippen MR) is 79.8 cm³/mol. The minimum Gasteiger partial charge on any atom is -0.290 e. The molecule has 0 unspecified atom stereocenters. The summed E-state index contributed by atoms with van der Waals surface area (Å²) in [5.74, 6) is -0.187. The van der Waals surface area contributed by atoms with Crippen LogP contribution in [0.15, 0.2) is 28.1 Å². The molecule has 1 aliphatic rings. The first-order valence-electron chi connectivity index (χ1n) is 5.52. The van der Waals surface area contributed by atoms with E-state index in [-0.39, 0.29) is 16.6 Å². The number of amidine groups is 1. The van der Waals surface area contributed by atoms with Crippen molar-refractivity contribution in [1.29, 1.82) is 0 Å². The minimum atomic E-state index is -0.557. The molecule has 0 aromatic heterocycles. The van der Waals surface area contributed by atoms with E-state index >= 15 is 0 Å². The average molecular weight is 312 g/mol. The molecule has 8 heteroatoms. The highest BCUT2D eigenvalue weighted by atomic mass is 35.5. The highest BCUT2D eigenvalue weighted by Crippen LogP contribution is 2.32. The van der Waals surface area contributed by atoms with E-state index in [1.54, 1.807) is 26.2 Å². The van der Waals surface area contributed by atoms with E-state index in [1.165, 1.54) is 28.8 Å². The van der Waals surface area contributed by atoms with Gasteiger partial charge in [-0.25, -0.2) is 0 Å². The van der Waals surface area contributed by atoms with Crippen LogP contribution in [0.1, 0.15) is 5.56 Å². The molecule has 1 saturated heterocycles. The van der Waals surface area contributed by atoms with E-state index in [0.717, 1.165) is 0 Å². The number of nitro benzene ring substituents is 1. The van der Waals surface area contributed by atoms with Gasteiger partial charge in [0.2, 0.25) is 0 Å². The Balaban J connectivity index is 2.39. The fourth-order valence-electron chi connectivity index (χ4n) is 1.66. The van der Waals surface area contributed by atoms with Crippen LogP contribution in [0.25, 0.3) is 6.08 Å². The Morgan fingerprint density at radius 2 is 2.20 bits per heavy atom. The monoisotopic (exact) mass is 311 g/mol. The molecule has 1 fully saturated rings. The standard InChI is InChI=1S/C12H10ClN3O3S/c1-14-12-15(2)11(17)10(20-12)6-7-3-4-8(13)9(5-7)16(18)19/h3-6H,1-2H3/b10-6+,14-12?. The molecule has 0 bridgehead atoms. The Morgan fingerprint density at radius 3 is 2.75 bits per heavy atom. The van der Waals surface area contributed by atoms with Crippen molar-refractivity contribution in [3.05, 3.63) is 43.8 Å². The fourth-order valence-corrected chi connectivity index (χ4v) is 2.77. The number of hydrogen-bond acceptors (Lipinski definition) is 5. The third kappa shape index (κ3) is 2.68. The van der Waals surface area contributed by atoms with E-state index in [9.17, 15) is 14.9 Å². The summed E-state index contributed by atoms with van der Waals surface area (Å²) in [6.45, 7) is 0. The lowest BCUT2D eigenvalue weighted by Crippen LogP contribution is -2.23. The van der Waals surface area contributed by atoms with Crippen molar-refractivity contribution < 1.29 is 9.72 Å². The van der Waals surface area contributed by atoms with Crippen LogP contribution in [0.2, 0.25) is 5.02 Å². The zero-order valence-electron chi connectivity index (χ0n) is 10.7. The van der Waals surface area contributed by atoms with Crippen LogP contribution in [-0.4, -0.2) is 35.0 Å². The highest BCUT2D eigenvalue weighted by molar-refractivity contribution is 8.18. The molecule has 1 aromatic rings. The summed E-state index contributed by atoms with van der Waals surface area (Å²) in [7, 11) is 3.23. The Morgan fingerprint density at radius 1 is 1.50 bits per heavy atom. The van der Waals surface area contributed by atoms with Crippen molar-refractivity contribution in [2.75, 3.05) is 14.1 Å². The van der Waals surface area contributed by atoms with Gasteiger partial charge in [-0.15, -0.1) is 0 Å². The molecule has 1 heterocycles. The van der Waals surface area contributed by atoms with Gasteiger partial charge in [0.05, 0.1) is 9.83 Å². The molecule has 0 spiro atoms. The van der Waals surface area contributed by atoms with E-state index in [1.807, 2.05) is 0 Å². The number of likely N-dealkylation sites (N-methyl/N-ethyl adjacent to an activating group) is 1. The molecule has 6 nitrogen and oxygen atoms in total. The van der Waals surface area contributed by atoms with Crippen LogP contribution in [0.3, 0.4) is 0 Å². The summed E-state index contributed by atoms with van der Waals surface area (Å²) in [6.07, 6.45) is 1.59. The number of rotatable bonds is 2. The summed E-state index contributed by atoms with van der Waals surface area (Å²) < 4.78 is 0. The molecule has 0 aliphatic carbocycles. The topological polar surface area (TPSA) is 75.8 Å². The molecule has 20 heavy (non-hydrogen) atoms. The first-order chi connectivity index (χ1) is 9.43. The Bertz CT molecular complexity index is 657. The third-order valence-corrected chi connectivity index (χ3v) is 4.13.